The predicted octanol–water partition coefficient (Wildman–Crippen LogP) is 0.780. The van der Waals surface area contributed by atoms with Crippen molar-refractivity contribution in [3.05, 3.63) is 39.7 Å². The Morgan fingerprint density at radius 1 is 1.29 bits per heavy atom. The summed E-state index contributed by atoms with van der Waals surface area (Å²) < 4.78 is 5.12. The van der Waals surface area contributed by atoms with Gasteiger partial charge in [0.25, 0.3) is 11.5 Å². The normalized spacial score (nSPS) is 13.6. The maximum atomic E-state index is 11.7. The maximum absolute atomic E-state index is 11.7. The van der Waals surface area contributed by atoms with Gasteiger partial charge in [0.15, 0.2) is 0 Å². The minimum atomic E-state index is -0.212. The number of amides is 1. The molecule has 1 aliphatic rings. The Labute approximate surface area is 96.4 Å². The minimum Gasteiger partial charge on any atom is -0.497 e. The monoisotopic (exact) mass is 230 g/mol. The number of rotatable bonds is 1. The molecule has 0 unspecified atom stereocenters. The lowest BCUT2D eigenvalue weighted by molar-refractivity contribution is 0.0967. The average Bonchev–Trinajstić information content (AvgIpc) is 2.72. The Balaban J connectivity index is 2.46. The van der Waals surface area contributed by atoms with Crippen LogP contribution in [0.5, 0.6) is 5.75 Å². The van der Waals surface area contributed by atoms with Crippen molar-refractivity contribution in [3.8, 4) is 5.75 Å². The van der Waals surface area contributed by atoms with Gasteiger partial charge in [-0.2, -0.15) is 0 Å². The van der Waals surface area contributed by atoms with Crippen molar-refractivity contribution in [2.24, 2.45) is 0 Å². The molecule has 5 nitrogen and oxygen atoms in total. The first kappa shape index (κ1) is 9.89. The molecule has 0 saturated carbocycles. The van der Waals surface area contributed by atoms with E-state index >= 15 is 0 Å². The van der Waals surface area contributed by atoms with Gasteiger partial charge in [0.05, 0.1) is 12.7 Å². The summed E-state index contributed by atoms with van der Waals surface area (Å²) in [4.78, 5) is 26.2. The van der Waals surface area contributed by atoms with Crippen LogP contribution in [-0.4, -0.2) is 18.0 Å². The maximum Gasteiger partial charge on any atom is 0.254 e. The van der Waals surface area contributed by atoms with Crippen LogP contribution in [-0.2, 0) is 6.54 Å². The van der Waals surface area contributed by atoms with Gasteiger partial charge in [-0.25, -0.2) is 0 Å². The van der Waals surface area contributed by atoms with Crippen molar-refractivity contribution in [2.75, 3.05) is 7.11 Å². The van der Waals surface area contributed by atoms with Gasteiger partial charge in [-0.15, -0.1) is 0 Å². The van der Waals surface area contributed by atoms with Crippen LogP contribution in [0.4, 0.5) is 0 Å². The third-order valence-electron chi connectivity index (χ3n) is 2.97. The highest BCUT2D eigenvalue weighted by molar-refractivity contribution is 6.09. The molecule has 86 valence electrons. The van der Waals surface area contributed by atoms with Crippen molar-refractivity contribution in [3.63, 3.8) is 0 Å². The van der Waals surface area contributed by atoms with Gasteiger partial charge in [-0.1, -0.05) is 0 Å². The number of carbonyl (C=O) groups excluding carboxylic acids is 1. The summed E-state index contributed by atoms with van der Waals surface area (Å²) in [6.45, 7) is 0.288. The molecule has 1 aromatic heterocycles. The molecule has 0 saturated heterocycles. The molecule has 1 aromatic carbocycles. The van der Waals surface area contributed by atoms with E-state index in [2.05, 4.69) is 10.3 Å². The number of nitrogens with one attached hydrogen (secondary N) is 2. The van der Waals surface area contributed by atoms with Gasteiger partial charge in [0.2, 0.25) is 0 Å². The Morgan fingerprint density at radius 3 is 2.88 bits per heavy atom. The number of H-pyrrole nitrogens is 1. The van der Waals surface area contributed by atoms with E-state index in [-0.39, 0.29) is 18.0 Å². The zero-order valence-corrected chi connectivity index (χ0v) is 9.16. The van der Waals surface area contributed by atoms with Crippen molar-refractivity contribution >= 4 is 16.8 Å². The summed E-state index contributed by atoms with van der Waals surface area (Å²) in [6.07, 6.45) is 0. The number of aromatic nitrogens is 1. The number of carbonyl (C=O) groups is 1. The van der Waals surface area contributed by atoms with Crippen LogP contribution in [0.1, 0.15) is 15.9 Å². The van der Waals surface area contributed by atoms with Crippen LogP contribution in [0.15, 0.2) is 23.0 Å². The first-order chi connectivity index (χ1) is 8.20. The van der Waals surface area contributed by atoms with Gasteiger partial charge < -0.3 is 15.0 Å². The molecule has 0 fully saturated rings. The van der Waals surface area contributed by atoms with Crippen molar-refractivity contribution in [1.82, 2.24) is 10.3 Å². The lowest BCUT2D eigenvalue weighted by Crippen LogP contribution is -2.13. The zero-order valence-electron chi connectivity index (χ0n) is 9.16. The summed E-state index contributed by atoms with van der Waals surface area (Å²) in [5, 5.41) is 3.37. The topological polar surface area (TPSA) is 71.2 Å². The highest BCUT2D eigenvalue weighted by Crippen LogP contribution is 2.25. The van der Waals surface area contributed by atoms with Gasteiger partial charge in [0, 0.05) is 23.0 Å². The summed E-state index contributed by atoms with van der Waals surface area (Å²) in [7, 11) is 1.56. The Bertz CT molecular complexity index is 688. The molecule has 2 aromatic rings. The summed E-state index contributed by atoms with van der Waals surface area (Å²) >= 11 is 0. The van der Waals surface area contributed by atoms with Gasteiger partial charge in [-0.05, 0) is 18.2 Å². The predicted molar refractivity (Wildman–Crippen MR) is 62.3 cm³/mol. The molecular formula is C12H10N2O3. The number of pyridine rings is 1. The van der Waals surface area contributed by atoms with E-state index in [4.69, 9.17) is 4.74 Å². The molecule has 2 heterocycles. The fourth-order valence-electron chi connectivity index (χ4n) is 2.13. The molecule has 2 N–H and O–H groups in total. The van der Waals surface area contributed by atoms with Crippen LogP contribution in [0.25, 0.3) is 10.9 Å². The number of benzene rings is 1. The third kappa shape index (κ3) is 1.32. The van der Waals surface area contributed by atoms with Crippen LogP contribution in [0.2, 0.25) is 0 Å². The largest absolute Gasteiger partial charge is 0.497 e. The van der Waals surface area contributed by atoms with Crippen molar-refractivity contribution in [2.45, 2.75) is 6.54 Å². The molecule has 1 amide bonds. The average molecular weight is 230 g/mol. The number of fused-ring (bicyclic) bond motifs is 3. The zero-order chi connectivity index (χ0) is 12.0. The molecule has 0 atom stereocenters. The van der Waals surface area contributed by atoms with Crippen LogP contribution in [0.3, 0.4) is 0 Å². The quantitative estimate of drug-likeness (QED) is 0.760. The smallest absolute Gasteiger partial charge is 0.254 e. The lowest BCUT2D eigenvalue weighted by atomic mass is 10.1. The highest BCUT2D eigenvalue weighted by atomic mass is 16.5. The molecule has 0 bridgehead atoms. The minimum absolute atomic E-state index is 0.204. The van der Waals surface area contributed by atoms with E-state index < -0.39 is 0 Å². The van der Waals surface area contributed by atoms with Gasteiger partial charge in [0.1, 0.15) is 5.75 Å². The molecule has 17 heavy (non-hydrogen) atoms. The molecule has 3 rings (SSSR count). The van der Waals surface area contributed by atoms with Crippen LogP contribution in [0, 0.1) is 0 Å². The molecule has 0 radical (unpaired) electrons. The van der Waals surface area contributed by atoms with E-state index in [1.54, 1.807) is 25.3 Å². The third-order valence-corrected chi connectivity index (χ3v) is 2.97. The number of hydrogen-bond acceptors (Lipinski definition) is 3. The van der Waals surface area contributed by atoms with Gasteiger partial charge >= 0.3 is 0 Å². The van der Waals surface area contributed by atoms with E-state index in [0.717, 1.165) is 0 Å². The Morgan fingerprint density at radius 2 is 2.12 bits per heavy atom. The Hall–Kier alpha value is -2.30. The summed E-state index contributed by atoms with van der Waals surface area (Å²) in [6, 6.07) is 5.24. The fourth-order valence-corrected chi connectivity index (χ4v) is 2.13. The number of ether oxygens (including phenoxy) is 1. The summed E-state index contributed by atoms with van der Waals surface area (Å²) in [5.74, 6) is 0.454. The van der Waals surface area contributed by atoms with Crippen LogP contribution >= 0.6 is 0 Å². The SMILES string of the molecule is COc1ccc2[nH]c(=O)c3c(c2c1)C(=O)NC3. The molecule has 0 spiro atoms. The second-order valence-corrected chi connectivity index (χ2v) is 3.90. The van der Waals surface area contributed by atoms with Crippen molar-refractivity contribution in [1.29, 1.82) is 0 Å². The van der Waals surface area contributed by atoms with E-state index in [9.17, 15) is 9.59 Å². The molecule has 5 heteroatoms. The molecular weight excluding hydrogens is 220 g/mol. The standard InChI is InChI=1S/C12H10N2O3/c1-17-6-2-3-9-7(4-6)10-8(11(15)14-9)5-13-12(10)16/h2-4H,5H2,1H3,(H,13,16)(H,14,15). The van der Waals surface area contributed by atoms with E-state index in [1.165, 1.54) is 0 Å². The highest BCUT2D eigenvalue weighted by Gasteiger charge is 2.24. The summed E-state index contributed by atoms with van der Waals surface area (Å²) in [5.41, 5.74) is 1.39. The first-order valence-electron chi connectivity index (χ1n) is 5.22. The first-order valence-corrected chi connectivity index (χ1v) is 5.22. The second kappa shape index (κ2) is 3.35. The number of hydrogen-bond donors (Lipinski definition) is 2. The van der Waals surface area contributed by atoms with Crippen molar-refractivity contribution < 1.29 is 9.53 Å². The number of methoxy groups -OCH3 is 1. The second-order valence-electron chi connectivity index (χ2n) is 3.90. The lowest BCUT2D eigenvalue weighted by Gasteiger charge is -2.05. The van der Waals surface area contributed by atoms with Gasteiger partial charge in [-0.3, -0.25) is 9.59 Å². The Kier molecular flexibility index (Phi) is 1.95. The fraction of sp³-hybridized carbons (Fsp3) is 0.167. The van der Waals surface area contributed by atoms with Crippen LogP contribution < -0.4 is 15.6 Å². The molecule has 0 aliphatic carbocycles. The van der Waals surface area contributed by atoms with E-state index in [0.29, 0.717) is 27.8 Å². The number of aromatic amines is 1. The molecule has 1 aliphatic heterocycles. The van der Waals surface area contributed by atoms with E-state index in [1.807, 2.05) is 0 Å².